The zero-order valence-electron chi connectivity index (χ0n) is 10.4. The van der Waals surface area contributed by atoms with Crippen LogP contribution in [-0.2, 0) is 0 Å². The van der Waals surface area contributed by atoms with Crippen LogP contribution in [0.1, 0.15) is 54.4 Å². The minimum atomic E-state index is 0.174. The molecule has 1 aliphatic rings. The monoisotopic (exact) mass is 196 g/mol. The number of aliphatic hydroxyl groups is 1. The lowest BCUT2D eigenvalue weighted by Gasteiger charge is -2.47. The van der Waals surface area contributed by atoms with E-state index in [-0.39, 0.29) is 5.41 Å². The van der Waals surface area contributed by atoms with Crippen LogP contribution in [0.15, 0.2) is 11.3 Å². The van der Waals surface area contributed by atoms with Gasteiger partial charge < -0.3 is 5.11 Å². The van der Waals surface area contributed by atoms with Gasteiger partial charge >= 0.3 is 0 Å². The summed E-state index contributed by atoms with van der Waals surface area (Å²) in [5.74, 6) is 1.02. The summed E-state index contributed by atoms with van der Waals surface area (Å²) in [7, 11) is 0. The van der Waals surface area contributed by atoms with Crippen molar-refractivity contribution in [2.45, 2.75) is 54.4 Å². The molecule has 0 bridgehead atoms. The molecule has 0 aromatic carbocycles. The summed E-state index contributed by atoms with van der Waals surface area (Å²) in [6.07, 6.45) is 2.43. The molecule has 14 heavy (non-hydrogen) atoms. The third-order valence-corrected chi connectivity index (χ3v) is 4.12. The van der Waals surface area contributed by atoms with Crippen LogP contribution in [0.2, 0.25) is 0 Å². The highest BCUT2D eigenvalue weighted by Crippen LogP contribution is 2.52. The van der Waals surface area contributed by atoms with Gasteiger partial charge in [0.05, 0.1) is 5.76 Å². The van der Waals surface area contributed by atoms with E-state index >= 15 is 0 Å². The summed E-state index contributed by atoms with van der Waals surface area (Å²) in [5.41, 5.74) is 1.76. The molecule has 1 saturated carbocycles. The van der Waals surface area contributed by atoms with E-state index in [1.54, 1.807) is 0 Å². The largest absolute Gasteiger partial charge is 0.513 e. The van der Waals surface area contributed by atoms with E-state index in [0.717, 1.165) is 0 Å². The van der Waals surface area contributed by atoms with Crippen molar-refractivity contribution in [3.05, 3.63) is 11.3 Å². The first-order chi connectivity index (χ1) is 6.18. The van der Waals surface area contributed by atoms with Crippen LogP contribution in [0, 0.1) is 16.7 Å². The fraction of sp³-hybridized carbons (Fsp3) is 0.846. The van der Waals surface area contributed by atoms with Gasteiger partial charge in [0.2, 0.25) is 0 Å². The van der Waals surface area contributed by atoms with Crippen molar-refractivity contribution < 1.29 is 5.11 Å². The van der Waals surface area contributed by atoms with Crippen molar-refractivity contribution in [3.8, 4) is 0 Å². The number of hydrogen-bond acceptors (Lipinski definition) is 1. The number of aliphatic hydroxyl groups excluding tert-OH is 1. The van der Waals surface area contributed by atoms with Gasteiger partial charge in [-0.2, -0.15) is 0 Å². The highest BCUT2D eigenvalue weighted by Gasteiger charge is 2.42. The Morgan fingerprint density at radius 2 is 1.71 bits per heavy atom. The third-order valence-electron chi connectivity index (χ3n) is 4.12. The second-order valence-corrected chi connectivity index (χ2v) is 6.09. The summed E-state index contributed by atoms with van der Waals surface area (Å²) >= 11 is 0. The van der Waals surface area contributed by atoms with Crippen LogP contribution >= 0.6 is 0 Å². The maximum Gasteiger partial charge on any atom is 0.0892 e. The molecule has 0 aromatic heterocycles. The van der Waals surface area contributed by atoms with E-state index in [4.69, 9.17) is 0 Å². The van der Waals surface area contributed by atoms with Gasteiger partial charge in [-0.15, -0.1) is 0 Å². The minimum Gasteiger partial charge on any atom is -0.513 e. The Balaban J connectivity index is 3.14. The zero-order chi connectivity index (χ0) is 11.1. The first-order valence-electron chi connectivity index (χ1n) is 5.59. The maximum absolute atomic E-state index is 9.80. The molecule has 1 fully saturated rings. The lowest BCUT2D eigenvalue weighted by Crippen LogP contribution is -2.37. The van der Waals surface area contributed by atoms with Gasteiger partial charge in [0.1, 0.15) is 0 Å². The molecule has 1 unspecified atom stereocenters. The smallest absolute Gasteiger partial charge is 0.0892 e. The van der Waals surface area contributed by atoms with E-state index < -0.39 is 0 Å². The number of allylic oxidation sites excluding steroid dienone is 2. The van der Waals surface area contributed by atoms with Crippen molar-refractivity contribution in [3.63, 3.8) is 0 Å². The Morgan fingerprint density at radius 3 is 2.07 bits per heavy atom. The van der Waals surface area contributed by atoms with Crippen molar-refractivity contribution in [1.82, 2.24) is 0 Å². The van der Waals surface area contributed by atoms with Crippen LogP contribution in [0.5, 0.6) is 0 Å². The molecule has 0 radical (unpaired) electrons. The van der Waals surface area contributed by atoms with E-state index in [2.05, 4.69) is 34.6 Å². The Bertz CT molecular complexity index is 254. The average molecular weight is 196 g/mol. The molecule has 1 N–H and O–H groups in total. The molecular weight excluding hydrogens is 172 g/mol. The second kappa shape index (κ2) is 3.29. The SMILES string of the molecule is C/C(O)=C1\C(C)C(C)(C)CCC1(C)C. The highest BCUT2D eigenvalue weighted by atomic mass is 16.3. The molecule has 0 saturated heterocycles. The van der Waals surface area contributed by atoms with Crippen molar-refractivity contribution >= 4 is 0 Å². The quantitative estimate of drug-likeness (QED) is 0.573. The Kier molecular flexibility index (Phi) is 2.73. The molecule has 1 atom stereocenters. The van der Waals surface area contributed by atoms with Crippen LogP contribution in [0.3, 0.4) is 0 Å². The fourth-order valence-electron chi connectivity index (χ4n) is 2.77. The first kappa shape index (κ1) is 11.6. The molecule has 1 nitrogen and oxygen atoms in total. The summed E-state index contributed by atoms with van der Waals surface area (Å²) in [6.45, 7) is 13.2. The first-order valence-corrected chi connectivity index (χ1v) is 5.59. The molecule has 0 aliphatic heterocycles. The van der Waals surface area contributed by atoms with E-state index in [0.29, 0.717) is 17.1 Å². The van der Waals surface area contributed by atoms with Crippen molar-refractivity contribution in [2.75, 3.05) is 0 Å². The fourth-order valence-corrected chi connectivity index (χ4v) is 2.77. The van der Waals surface area contributed by atoms with Gasteiger partial charge in [-0.05, 0) is 42.1 Å². The molecule has 0 aromatic rings. The van der Waals surface area contributed by atoms with Gasteiger partial charge in [-0.25, -0.2) is 0 Å². The topological polar surface area (TPSA) is 20.2 Å². The van der Waals surface area contributed by atoms with Crippen molar-refractivity contribution in [2.24, 2.45) is 16.7 Å². The predicted molar refractivity (Wildman–Crippen MR) is 61.3 cm³/mol. The summed E-state index contributed by atoms with van der Waals surface area (Å²) in [4.78, 5) is 0. The summed E-state index contributed by atoms with van der Waals surface area (Å²) in [5, 5.41) is 9.80. The van der Waals surface area contributed by atoms with Gasteiger partial charge in [0.25, 0.3) is 0 Å². The summed E-state index contributed by atoms with van der Waals surface area (Å²) < 4.78 is 0. The lowest BCUT2D eigenvalue weighted by atomic mass is 9.58. The Morgan fingerprint density at radius 1 is 1.21 bits per heavy atom. The molecule has 82 valence electrons. The lowest BCUT2D eigenvalue weighted by molar-refractivity contribution is 0.125. The number of rotatable bonds is 0. The Hall–Kier alpha value is -0.460. The van der Waals surface area contributed by atoms with E-state index in [1.165, 1.54) is 18.4 Å². The van der Waals surface area contributed by atoms with Gasteiger partial charge in [-0.1, -0.05) is 34.6 Å². The molecule has 0 heterocycles. The van der Waals surface area contributed by atoms with E-state index in [9.17, 15) is 5.11 Å². The molecule has 0 spiro atoms. The van der Waals surface area contributed by atoms with Crippen LogP contribution in [0.25, 0.3) is 0 Å². The zero-order valence-corrected chi connectivity index (χ0v) is 10.4. The van der Waals surface area contributed by atoms with E-state index in [1.807, 2.05) is 6.92 Å². The van der Waals surface area contributed by atoms with Gasteiger partial charge in [-0.3, -0.25) is 0 Å². The van der Waals surface area contributed by atoms with Crippen LogP contribution in [0.4, 0.5) is 0 Å². The second-order valence-electron chi connectivity index (χ2n) is 6.09. The van der Waals surface area contributed by atoms with Crippen LogP contribution in [-0.4, -0.2) is 5.11 Å². The van der Waals surface area contributed by atoms with Gasteiger partial charge in [0.15, 0.2) is 0 Å². The Labute approximate surface area is 88.2 Å². The third kappa shape index (κ3) is 1.82. The minimum absolute atomic E-state index is 0.174. The highest BCUT2D eigenvalue weighted by molar-refractivity contribution is 5.22. The van der Waals surface area contributed by atoms with Gasteiger partial charge in [0, 0.05) is 0 Å². The predicted octanol–water partition coefficient (Wildman–Crippen LogP) is 4.30. The molecule has 1 heteroatoms. The molecule has 0 amide bonds. The molecule has 1 rings (SSSR count). The maximum atomic E-state index is 9.80. The van der Waals surface area contributed by atoms with Crippen LogP contribution < -0.4 is 0 Å². The average Bonchev–Trinajstić information content (AvgIpc) is 1.98. The number of hydrogen-bond donors (Lipinski definition) is 1. The normalized spacial score (nSPS) is 34.0. The molecular formula is C13H24O. The standard InChI is InChI=1S/C13H24O/c1-9-11(10(2)14)13(5,6)8-7-12(9,3)4/h9,14H,7-8H2,1-6H3/b11-10-. The summed E-state index contributed by atoms with van der Waals surface area (Å²) in [6, 6.07) is 0. The van der Waals surface area contributed by atoms with Crippen molar-refractivity contribution in [1.29, 1.82) is 0 Å². The molecule has 1 aliphatic carbocycles.